The van der Waals surface area contributed by atoms with Crippen LogP contribution in [0, 0.1) is 5.82 Å². The molecule has 4 aromatic rings. The van der Waals surface area contributed by atoms with E-state index in [2.05, 4.69) is 36.1 Å². The quantitative estimate of drug-likeness (QED) is 0.406. The van der Waals surface area contributed by atoms with Crippen LogP contribution in [0.2, 0.25) is 0 Å². The van der Waals surface area contributed by atoms with Gasteiger partial charge in [0.1, 0.15) is 5.82 Å². The molecule has 0 atom stereocenters. The van der Waals surface area contributed by atoms with Gasteiger partial charge in [0.15, 0.2) is 5.69 Å². The molecule has 0 spiro atoms. The first-order valence-corrected chi connectivity index (χ1v) is 8.51. The second kappa shape index (κ2) is 6.38. The molecular formula is C18H12BrFN4O2. The predicted molar refractivity (Wildman–Crippen MR) is 99.1 cm³/mol. The zero-order valence-electron chi connectivity index (χ0n) is 13.3. The Morgan fingerprint density at radius 2 is 2.04 bits per heavy atom. The van der Waals surface area contributed by atoms with Crippen LogP contribution in [-0.4, -0.2) is 21.0 Å². The second-order valence-electron chi connectivity index (χ2n) is 5.76. The van der Waals surface area contributed by atoms with Crippen molar-refractivity contribution in [3.63, 3.8) is 0 Å². The lowest BCUT2D eigenvalue weighted by Gasteiger charge is -1.96. The van der Waals surface area contributed by atoms with Crippen LogP contribution in [0.5, 0.6) is 5.88 Å². The van der Waals surface area contributed by atoms with E-state index in [9.17, 15) is 14.3 Å². The fraction of sp³-hybridized carbons (Fsp3) is 0.0556. The maximum atomic E-state index is 13.6. The van der Waals surface area contributed by atoms with E-state index < -0.39 is 11.7 Å². The number of nitrogens with one attached hydrogen (secondary N) is 2. The van der Waals surface area contributed by atoms with Crippen molar-refractivity contribution in [3.8, 4) is 5.88 Å². The molecule has 0 bridgehead atoms. The summed E-state index contributed by atoms with van der Waals surface area (Å²) in [6.07, 6.45) is 1.82. The molecule has 130 valence electrons. The van der Waals surface area contributed by atoms with Gasteiger partial charge >= 0.3 is 0 Å². The second-order valence-corrected chi connectivity index (χ2v) is 6.62. The molecule has 2 aromatic heterocycles. The highest BCUT2D eigenvalue weighted by molar-refractivity contribution is 9.10. The van der Waals surface area contributed by atoms with E-state index in [1.54, 1.807) is 6.20 Å². The molecule has 0 saturated carbocycles. The fourth-order valence-electron chi connectivity index (χ4n) is 2.88. The number of azo groups is 1. The molecule has 0 radical (unpaired) electrons. The molecular weight excluding hydrogens is 403 g/mol. The van der Waals surface area contributed by atoms with Gasteiger partial charge in [0.25, 0.3) is 5.91 Å². The van der Waals surface area contributed by atoms with Gasteiger partial charge < -0.3 is 15.1 Å². The minimum absolute atomic E-state index is 0.0208. The van der Waals surface area contributed by atoms with Gasteiger partial charge in [-0.05, 0) is 39.7 Å². The van der Waals surface area contributed by atoms with Crippen molar-refractivity contribution in [2.45, 2.75) is 6.42 Å². The van der Waals surface area contributed by atoms with Crippen molar-refractivity contribution in [2.24, 2.45) is 10.2 Å². The third-order valence-corrected chi connectivity index (χ3v) is 4.68. The Labute approximate surface area is 154 Å². The number of nitrogens with zero attached hydrogens (tertiary/aromatic N) is 2. The molecule has 0 fully saturated rings. The molecule has 2 heterocycles. The summed E-state index contributed by atoms with van der Waals surface area (Å²) in [7, 11) is 0. The molecule has 1 amide bonds. The van der Waals surface area contributed by atoms with Crippen molar-refractivity contribution in [3.05, 3.63) is 58.4 Å². The Morgan fingerprint density at radius 1 is 1.23 bits per heavy atom. The summed E-state index contributed by atoms with van der Waals surface area (Å²) in [5.74, 6) is -1.25. The van der Waals surface area contributed by atoms with Crippen LogP contribution in [0.3, 0.4) is 0 Å². The molecule has 0 aliphatic rings. The normalized spacial score (nSPS) is 11.8. The van der Waals surface area contributed by atoms with E-state index in [1.807, 2.05) is 24.3 Å². The van der Waals surface area contributed by atoms with Crippen LogP contribution >= 0.6 is 15.9 Å². The number of carbonyl (C=O) groups is 1. The largest absolute Gasteiger partial charge is 0.493 e. The summed E-state index contributed by atoms with van der Waals surface area (Å²) < 4.78 is 14.1. The van der Waals surface area contributed by atoms with E-state index in [0.29, 0.717) is 15.4 Å². The van der Waals surface area contributed by atoms with Gasteiger partial charge in [0, 0.05) is 27.0 Å². The average molecular weight is 415 g/mol. The van der Waals surface area contributed by atoms with E-state index in [1.165, 1.54) is 12.1 Å². The van der Waals surface area contributed by atoms with Crippen molar-refractivity contribution >= 4 is 49.3 Å². The Hall–Kier alpha value is -3.00. The highest BCUT2D eigenvalue weighted by atomic mass is 79.9. The number of fused-ring (bicyclic) bond motifs is 2. The van der Waals surface area contributed by atoms with Crippen LogP contribution in [0.4, 0.5) is 10.1 Å². The van der Waals surface area contributed by atoms with Gasteiger partial charge in [-0.1, -0.05) is 18.2 Å². The smallest absolute Gasteiger partial charge is 0.269 e. The number of aromatic nitrogens is 2. The van der Waals surface area contributed by atoms with Gasteiger partial charge in [0.2, 0.25) is 5.88 Å². The standard InChI is InChI=1S/C18H12BrFN4O2/c19-13-7-10(20)6-12-16(13)22-18(26)17(12)24-23-15(25)5-9-8-21-14-4-2-1-3-11(9)14/h1-4,6-8,21-22,26H,5H2. The van der Waals surface area contributed by atoms with Crippen LogP contribution in [0.25, 0.3) is 21.8 Å². The Bertz CT molecular complexity index is 1180. The number of halogens is 2. The first-order valence-electron chi connectivity index (χ1n) is 7.72. The van der Waals surface area contributed by atoms with Crippen molar-refractivity contribution in [1.29, 1.82) is 0 Å². The van der Waals surface area contributed by atoms with Crippen molar-refractivity contribution < 1.29 is 14.3 Å². The van der Waals surface area contributed by atoms with Crippen LogP contribution in [0.1, 0.15) is 5.56 Å². The Morgan fingerprint density at radius 3 is 2.88 bits per heavy atom. The Balaban J connectivity index is 1.63. The number of hydrogen-bond acceptors (Lipinski definition) is 3. The summed E-state index contributed by atoms with van der Waals surface area (Å²) in [4.78, 5) is 18.0. The molecule has 4 rings (SSSR count). The number of carbonyl (C=O) groups excluding carboxylic acids is 1. The summed E-state index contributed by atoms with van der Waals surface area (Å²) in [5.41, 5.74) is 2.23. The number of rotatable bonds is 3. The molecule has 3 N–H and O–H groups in total. The number of benzene rings is 2. The SMILES string of the molecule is O=C(Cc1c[nH]c2ccccc12)N=Nc1c(O)[nH]c2c(Br)cc(F)cc12. The maximum Gasteiger partial charge on any atom is 0.269 e. The highest BCUT2D eigenvalue weighted by Gasteiger charge is 2.15. The molecule has 26 heavy (non-hydrogen) atoms. The number of amides is 1. The number of H-pyrrole nitrogens is 2. The zero-order valence-corrected chi connectivity index (χ0v) is 14.8. The summed E-state index contributed by atoms with van der Waals surface area (Å²) in [5, 5.41) is 18.8. The molecule has 8 heteroatoms. The third-order valence-electron chi connectivity index (χ3n) is 4.06. The van der Waals surface area contributed by atoms with Gasteiger partial charge in [-0.3, -0.25) is 4.79 Å². The molecule has 0 aliphatic heterocycles. The number of para-hydroxylation sites is 1. The van der Waals surface area contributed by atoms with E-state index in [4.69, 9.17) is 0 Å². The molecule has 0 aliphatic carbocycles. The summed E-state index contributed by atoms with van der Waals surface area (Å²) >= 11 is 3.21. The zero-order chi connectivity index (χ0) is 18.3. The van der Waals surface area contributed by atoms with Gasteiger partial charge in [-0.2, -0.15) is 0 Å². The van der Waals surface area contributed by atoms with Gasteiger partial charge in [-0.25, -0.2) is 4.39 Å². The lowest BCUT2D eigenvalue weighted by Crippen LogP contribution is -1.96. The monoisotopic (exact) mass is 414 g/mol. The third kappa shape index (κ3) is 2.88. The summed E-state index contributed by atoms with van der Waals surface area (Å²) in [6.45, 7) is 0. The molecule has 2 aromatic carbocycles. The number of hydrogen-bond donors (Lipinski definition) is 3. The minimum Gasteiger partial charge on any atom is -0.493 e. The van der Waals surface area contributed by atoms with Gasteiger partial charge in [-0.15, -0.1) is 10.2 Å². The lowest BCUT2D eigenvalue weighted by molar-refractivity contribution is -0.117. The topological polar surface area (TPSA) is 93.6 Å². The average Bonchev–Trinajstić information content (AvgIpc) is 3.15. The van der Waals surface area contributed by atoms with Crippen LogP contribution < -0.4 is 0 Å². The van der Waals surface area contributed by atoms with Gasteiger partial charge in [0.05, 0.1) is 11.9 Å². The van der Waals surface area contributed by atoms with Crippen LogP contribution in [0.15, 0.2) is 57.3 Å². The Kier molecular flexibility index (Phi) is 4.04. The van der Waals surface area contributed by atoms with Crippen LogP contribution in [-0.2, 0) is 11.2 Å². The van der Waals surface area contributed by atoms with E-state index >= 15 is 0 Å². The lowest BCUT2D eigenvalue weighted by atomic mass is 10.1. The first kappa shape index (κ1) is 16.5. The minimum atomic E-state index is -0.495. The van der Waals surface area contributed by atoms with E-state index in [-0.39, 0.29) is 18.0 Å². The maximum absolute atomic E-state index is 13.6. The summed E-state index contributed by atoms with van der Waals surface area (Å²) in [6, 6.07) is 10.1. The molecule has 0 saturated heterocycles. The predicted octanol–water partition coefficient (Wildman–Crippen LogP) is 5.11. The van der Waals surface area contributed by atoms with Crippen molar-refractivity contribution in [2.75, 3.05) is 0 Å². The highest BCUT2D eigenvalue weighted by Crippen LogP contribution is 2.39. The number of aromatic amines is 2. The molecule has 0 unspecified atom stereocenters. The molecule has 6 nitrogen and oxygen atoms in total. The van der Waals surface area contributed by atoms with E-state index in [0.717, 1.165) is 16.5 Å². The van der Waals surface area contributed by atoms with Crippen molar-refractivity contribution in [1.82, 2.24) is 9.97 Å². The number of aromatic hydroxyl groups is 1. The first-order chi connectivity index (χ1) is 12.5. The fourth-order valence-corrected chi connectivity index (χ4v) is 3.41.